The van der Waals surface area contributed by atoms with Crippen LogP contribution in [-0.4, -0.2) is 13.2 Å². The standard InChI is InChI=1S/C27H48O/c1-3-21-28-22-24-16-19-27(20-17-24,26-14-8-5-9-15-26)18-10-11-23(2)25-12-6-4-7-13-25/h3,23-26H,1,4-22H2,2H3/t23?,24-,27+. The summed E-state index contributed by atoms with van der Waals surface area (Å²) in [6.45, 7) is 8.04. The molecule has 0 heterocycles. The summed E-state index contributed by atoms with van der Waals surface area (Å²) in [5, 5.41) is 0. The zero-order valence-electron chi connectivity index (χ0n) is 18.9. The minimum absolute atomic E-state index is 0.682. The van der Waals surface area contributed by atoms with Crippen LogP contribution in [-0.2, 0) is 4.74 Å². The summed E-state index contributed by atoms with van der Waals surface area (Å²) in [5.74, 6) is 3.84. The van der Waals surface area contributed by atoms with Gasteiger partial charge in [-0.25, -0.2) is 0 Å². The van der Waals surface area contributed by atoms with Gasteiger partial charge >= 0.3 is 0 Å². The second-order valence-corrected chi connectivity index (χ2v) is 10.7. The molecule has 1 unspecified atom stereocenters. The zero-order valence-corrected chi connectivity index (χ0v) is 18.9. The van der Waals surface area contributed by atoms with Crippen molar-refractivity contribution in [1.82, 2.24) is 0 Å². The molecular formula is C27H48O. The molecule has 1 atom stereocenters. The Morgan fingerprint density at radius 1 is 0.929 bits per heavy atom. The summed E-state index contributed by atoms with van der Waals surface area (Å²) in [5.41, 5.74) is 0.682. The van der Waals surface area contributed by atoms with Gasteiger partial charge < -0.3 is 4.74 Å². The highest BCUT2D eigenvalue weighted by atomic mass is 16.5. The highest BCUT2D eigenvalue weighted by Crippen LogP contribution is 2.52. The maximum absolute atomic E-state index is 5.80. The van der Waals surface area contributed by atoms with Crippen LogP contribution < -0.4 is 0 Å². The Kier molecular flexibility index (Phi) is 9.41. The van der Waals surface area contributed by atoms with Crippen LogP contribution >= 0.6 is 0 Å². The van der Waals surface area contributed by atoms with Crippen molar-refractivity contribution in [3.8, 4) is 0 Å². The van der Waals surface area contributed by atoms with Gasteiger partial charge in [-0.3, -0.25) is 0 Å². The molecule has 0 aromatic rings. The van der Waals surface area contributed by atoms with Crippen LogP contribution in [0.5, 0.6) is 0 Å². The lowest BCUT2D eigenvalue weighted by Gasteiger charge is -2.48. The fraction of sp³-hybridized carbons (Fsp3) is 0.926. The molecule has 0 N–H and O–H groups in total. The van der Waals surface area contributed by atoms with Crippen LogP contribution in [0, 0.1) is 29.1 Å². The van der Waals surface area contributed by atoms with E-state index in [1.165, 1.54) is 109 Å². The zero-order chi connectivity index (χ0) is 19.7. The Bertz CT molecular complexity index is 422. The van der Waals surface area contributed by atoms with E-state index in [9.17, 15) is 0 Å². The second kappa shape index (κ2) is 11.8. The molecule has 1 nitrogen and oxygen atoms in total. The lowest BCUT2D eigenvalue weighted by Crippen LogP contribution is -2.37. The van der Waals surface area contributed by atoms with Gasteiger partial charge in [0.15, 0.2) is 0 Å². The molecular weight excluding hydrogens is 340 g/mol. The van der Waals surface area contributed by atoms with E-state index in [1.54, 1.807) is 0 Å². The summed E-state index contributed by atoms with van der Waals surface area (Å²) >= 11 is 0. The van der Waals surface area contributed by atoms with E-state index in [4.69, 9.17) is 4.74 Å². The minimum Gasteiger partial charge on any atom is -0.377 e. The molecule has 162 valence electrons. The van der Waals surface area contributed by atoms with E-state index in [0.29, 0.717) is 5.41 Å². The molecule has 0 aromatic carbocycles. The van der Waals surface area contributed by atoms with Gasteiger partial charge in [0.25, 0.3) is 0 Å². The van der Waals surface area contributed by atoms with Gasteiger partial charge in [0.2, 0.25) is 0 Å². The molecule has 3 rings (SSSR count). The first-order chi connectivity index (χ1) is 13.7. The van der Waals surface area contributed by atoms with Crippen molar-refractivity contribution in [2.45, 2.75) is 116 Å². The molecule has 0 saturated heterocycles. The Labute approximate surface area is 176 Å². The van der Waals surface area contributed by atoms with Crippen molar-refractivity contribution in [3.63, 3.8) is 0 Å². The average Bonchev–Trinajstić information content (AvgIpc) is 2.76. The maximum Gasteiger partial charge on any atom is 0.0644 e. The van der Waals surface area contributed by atoms with Gasteiger partial charge in [-0.1, -0.05) is 77.2 Å². The monoisotopic (exact) mass is 388 g/mol. The topological polar surface area (TPSA) is 9.23 Å². The van der Waals surface area contributed by atoms with Crippen molar-refractivity contribution >= 4 is 0 Å². The molecule has 3 aliphatic rings. The smallest absolute Gasteiger partial charge is 0.0644 e. The first-order valence-electron chi connectivity index (χ1n) is 12.9. The van der Waals surface area contributed by atoms with E-state index in [2.05, 4.69) is 13.5 Å². The van der Waals surface area contributed by atoms with E-state index >= 15 is 0 Å². The largest absolute Gasteiger partial charge is 0.377 e. The Balaban J connectivity index is 1.50. The molecule has 1 heteroatoms. The van der Waals surface area contributed by atoms with Crippen LogP contribution in [0.15, 0.2) is 12.7 Å². The van der Waals surface area contributed by atoms with E-state index in [-0.39, 0.29) is 0 Å². The normalized spacial score (nSPS) is 31.5. The third-order valence-electron chi connectivity index (χ3n) is 8.95. The first kappa shape index (κ1) is 22.4. The highest BCUT2D eigenvalue weighted by molar-refractivity contribution is 4.92. The fourth-order valence-corrected chi connectivity index (χ4v) is 7.03. The van der Waals surface area contributed by atoms with Crippen LogP contribution in [0.25, 0.3) is 0 Å². The van der Waals surface area contributed by atoms with Crippen LogP contribution in [0.1, 0.15) is 116 Å². The summed E-state index contributed by atoms with van der Waals surface area (Å²) in [4.78, 5) is 0. The van der Waals surface area contributed by atoms with Gasteiger partial charge in [0.1, 0.15) is 0 Å². The highest BCUT2D eigenvalue weighted by Gasteiger charge is 2.41. The molecule has 0 aliphatic heterocycles. The Morgan fingerprint density at radius 2 is 1.57 bits per heavy atom. The quantitative estimate of drug-likeness (QED) is 0.270. The predicted octanol–water partition coefficient (Wildman–Crippen LogP) is 8.33. The average molecular weight is 389 g/mol. The Morgan fingerprint density at radius 3 is 2.21 bits per heavy atom. The SMILES string of the molecule is C=CCOC[C@H]1CC[C@@](CCCC(C)C2CCCCC2)(C2CCCCC2)CC1. The van der Waals surface area contributed by atoms with E-state index in [1.807, 2.05) is 6.08 Å². The predicted molar refractivity (Wildman–Crippen MR) is 122 cm³/mol. The summed E-state index contributed by atoms with van der Waals surface area (Å²) < 4.78 is 5.80. The van der Waals surface area contributed by atoms with E-state index in [0.717, 1.165) is 36.9 Å². The molecule has 0 spiro atoms. The molecule has 3 aliphatic carbocycles. The number of hydrogen-bond donors (Lipinski definition) is 0. The number of hydrogen-bond acceptors (Lipinski definition) is 1. The molecule has 3 fully saturated rings. The molecule has 0 bridgehead atoms. The minimum atomic E-state index is 0.682. The third kappa shape index (κ3) is 6.35. The van der Waals surface area contributed by atoms with Gasteiger partial charge in [-0.2, -0.15) is 0 Å². The van der Waals surface area contributed by atoms with Gasteiger partial charge in [-0.15, -0.1) is 6.58 Å². The molecule has 28 heavy (non-hydrogen) atoms. The second-order valence-electron chi connectivity index (χ2n) is 10.7. The molecule has 0 aromatic heterocycles. The van der Waals surface area contributed by atoms with Crippen molar-refractivity contribution < 1.29 is 4.74 Å². The summed E-state index contributed by atoms with van der Waals surface area (Å²) in [7, 11) is 0. The van der Waals surface area contributed by atoms with Crippen molar-refractivity contribution in [2.24, 2.45) is 29.1 Å². The van der Waals surface area contributed by atoms with Gasteiger partial charge in [0, 0.05) is 6.61 Å². The summed E-state index contributed by atoms with van der Waals surface area (Å²) in [6, 6.07) is 0. The molecule has 0 radical (unpaired) electrons. The van der Waals surface area contributed by atoms with Crippen LogP contribution in [0.3, 0.4) is 0 Å². The van der Waals surface area contributed by atoms with Crippen molar-refractivity contribution in [1.29, 1.82) is 0 Å². The fourth-order valence-electron chi connectivity index (χ4n) is 7.03. The van der Waals surface area contributed by atoms with E-state index < -0.39 is 0 Å². The van der Waals surface area contributed by atoms with Crippen molar-refractivity contribution in [2.75, 3.05) is 13.2 Å². The first-order valence-corrected chi connectivity index (χ1v) is 12.9. The maximum atomic E-state index is 5.80. The Hall–Kier alpha value is -0.300. The molecule has 3 saturated carbocycles. The number of ether oxygens (including phenoxy) is 1. The third-order valence-corrected chi connectivity index (χ3v) is 8.95. The van der Waals surface area contributed by atoms with Crippen molar-refractivity contribution in [3.05, 3.63) is 12.7 Å². The molecule has 0 amide bonds. The van der Waals surface area contributed by atoms with Gasteiger partial charge in [-0.05, 0) is 74.0 Å². The van der Waals surface area contributed by atoms with Gasteiger partial charge in [0.05, 0.1) is 6.61 Å². The lowest BCUT2D eigenvalue weighted by atomic mass is 9.58. The summed E-state index contributed by atoms with van der Waals surface area (Å²) in [6.07, 6.45) is 27.2. The lowest BCUT2D eigenvalue weighted by molar-refractivity contribution is 0.0130. The van der Waals surface area contributed by atoms with Crippen LogP contribution in [0.4, 0.5) is 0 Å². The van der Waals surface area contributed by atoms with Crippen LogP contribution in [0.2, 0.25) is 0 Å². The number of rotatable bonds is 10.